The van der Waals surface area contributed by atoms with Gasteiger partial charge in [0.2, 0.25) is 5.91 Å². The fourth-order valence-corrected chi connectivity index (χ4v) is 2.97. The zero-order valence-electron chi connectivity index (χ0n) is 10.7. The minimum Gasteiger partial charge on any atom is -0.373 e. The fraction of sp³-hybridized carbons (Fsp3) is 0.923. The number of nitrogens with one attached hydrogen (secondary N) is 1. The Balaban J connectivity index is 1.90. The Bertz CT molecular complexity index is 264. The average molecular weight is 240 g/mol. The molecule has 2 fully saturated rings. The second kappa shape index (κ2) is 5.83. The molecular weight excluding hydrogens is 216 g/mol. The summed E-state index contributed by atoms with van der Waals surface area (Å²) in [6.45, 7) is 2.05. The van der Waals surface area contributed by atoms with Gasteiger partial charge in [-0.25, -0.2) is 0 Å². The molecule has 3 N–H and O–H groups in total. The SMILES string of the molecule is CC1CCC(C(NC2CCCCC2)C(N)=O)O1. The lowest BCUT2D eigenvalue weighted by Gasteiger charge is -2.29. The van der Waals surface area contributed by atoms with Gasteiger partial charge in [-0.1, -0.05) is 19.3 Å². The second-order valence-electron chi connectivity index (χ2n) is 5.44. The van der Waals surface area contributed by atoms with Gasteiger partial charge in [-0.05, 0) is 32.6 Å². The normalized spacial score (nSPS) is 32.5. The maximum atomic E-state index is 11.5. The first-order valence-corrected chi connectivity index (χ1v) is 6.87. The molecule has 0 bridgehead atoms. The van der Waals surface area contributed by atoms with Crippen molar-refractivity contribution in [3.05, 3.63) is 0 Å². The summed E-state index contributed by atoms with van der Waals surface area (Å²) in [6.07, 6.45) is 8.35. The van der Waals surface area contributed by atoms with Crippen LogP contribution in [0.5, 0.6) is 0 Å². The van der Waals surface area contributed by atoms with Crippen LogP contribution in [0.15, 0.2) is 0 Å². The number of primary amides is 1. The van der Waals surface area contributed by atoms with Crippen LogP contribution < -0.4 is 11.1 Å². The average Bonchev–Trinajstić information content (AvgIpc) is 2.73. The number of amides is 1. The summed E-state index contributed by atoms with van der Waals surface area (Å²) in [5, 5.41) is 3.42. The van der Waals surface area contributed by atoms with Crippen LogP contribution in [0.25, 0.3) is 0 Å². The first-order chi connectivity index (χ1) is 8.16. The summed E-state index contributed by atoms with van der Waals surface area (Å²) >= 11 is 0. The monoisotopic (exact) mass is 240 g/mol. The van der Waals surface area contributed by atoms with Crippen LogP contribution in [-0.2, 0) is 9.53 Å². The molecule has 1 saturated heterocycles. The molecule has 3 atom stereocenters. The zero-order chi connectivity index (χ0) is 12.3. The van der Waals surface area contributed by atoms with Crippen molar-refractivity contribution in [2.75, 3.05) is 0 Å². The molecule has 1 saturated carbocycles. The van der Waals surface area contributed by atoms with Gasteiger partial charge in [0.25, 0.3) is 0 Å². The third-order valence-corrected chi connectivity index (χ3v) is 3.96. The fourth-order valence-electron chi connectivity index (χ4n) is 2.97. The lowest BCUT2D eigenvalue weighted by atomic mass is 9.94. The molecule has 1 aliphatic heterocycles. The molecule has 0 aromatic carbocycles. The van der Waals surface area contributed by atoms with Gasteiger partial charge in [-0.2, -0.15) is 0 Å². The molecule has 0 spiro atoms. The van der Waals surface area contributed by atoms with Gasteiger partial charge in [0.1, 0.15) is 6.04 Å². The highest BCUT2D eigenvalue weighted by molar-refractivity contribution is 5.80. The van der Waals surface area contributed by atoms with Crippen LogP contribution in [0.3, 0.4) is 0 Å². The highest BCUT2D eigenvalue weighted by atomic mass is 16.5. The van der Waals surface area contributed by atoms with E-state index in [4.69, 9.17) is 10.5 Å². The van der Waals surface area contributed by atoms with Crippen LogP contribution >= 0.6 is 0 Å². The van der Waals surface area contributed by atoms with E-state index in [0.717, 1.165) is 25.7 Å². The number of ether oxygens (including phenoxy) is 1. The van der Waals surface area contributed by atoms with Gasteiger partial charge >= 0.3 is 0 Å². The molecular formula is C13H24N2O2. The minimum atomic E-state index is -0.303. The summed E-state index contributed by atoms with van der Waals surface area (Å²) in [7, 11) is 0. The number of hydrogen-bond donors (Lipinski definition) is 2. The summed E-state index contributed by atoms with van der Waals surface area (Å²) < 4.78 is 5.76. The lowest BCUT2D eigenvalue weighted by molar-refractivity contribution is -0.124. The van der Waals surface area contributed by atoms with E-state index in [0.29, 0.717) is 6.04 Å². The van der Waals surface area contributed by atoms with Crippen LogP contribution in [0.2, 0.25) is 0 Å². The molecule has 1 amide bonds. The lowest BCUT2D eigenvalue weighted by Crippen LogP contribution is -2.53. The Morgan fingerprint density at radius 2 is 1.94 bits per heavy atom. The van der Waals surface area contributed by atoms with Crippen molar-refractivity contribution < 1.29 is 9.53 Å². The highest BCUT2D eigenvalue weighted by Gasteiger charge is 2.34. The van der Waals surface area contributed by atoms with Crippen molar-refractivity contribution in [2.45, 2.75) is 76.2 Å². The number of hydrogen-bond acceptors (Lipinski definition) is 3. The Kier molecular flexibility index (Phi) is 4.40. The van der Waals surface area contributed by atoms with Crippen LogP contribution in [0.1, 0.15) is 51.9 Å². The molecule has 4 heteroatoms. The van der Waals surface area contributed by atoms with Gasteiger partial charge in [0.05, 0.1) is 12.2 Å². The number of carbonyl (C=O) groups excluding carboxylic acids is 1. The van der Waals surface area contributed by atoms with Gasteiger partial charge in [0, 0.05) is 6.04 Å². The summed E-state index contributed by atoms with van der Waals surface area (Å²) in [5.74, 6) is -0.269. The molecule has 3 unspecified atom stereocenters. The molecule has 1 aliphatic carbocycles. The van der Waals surface area contributed by atoms with E-state index >= 15 is 0 Å². The van der Waals surface area contributed by atoms with E-state index < -0.39 is 0 Å². The Morgan fingerprint density at radius 1 is 1.24 bits per heavy atom. The summed E-state index contributed by atoms with van der Waals surface area (Å²) in [5.41, 5.74) is 5.50. The van der Waals surface area contributed by atoms with Gasteiger partial charge in [-0.15, -0.1) is 0 Å². The topological polar surface area (TPSA) is 64.3 Å². The quantitative estimate of drug-likeness (QED) is 0.779. The first kappa shape index (κ1) is 12.8. The van der Waals surface area contributed by atoms with Crippen LogP contribution in [0.4, 0.5) is 0 Å². The van der Waals surface area contributed by atoms with Crippen molar-refractivity contribution in [3.8, 4) is 0 Å². The Morgan fingerprint density at radius 3 is 2.47 bits per heavy atom. The molecule has 2 rings (SSSR count). The Labute approximate surface area is 103 Å². The van der Waals surface area contributed by atoms with Crippen LogP contribution in [0, 0.1) is 0 Å². The van der Waals surface area contributed by atoms with E-state index in [9.17, 15) is 4.79 Å². The third kappa shape index (κ3) is 3.42. The predicted molar refractivity (Wildman–Crippen MR) is 66.6 cm³/mol. The summed E-state index contributed by atoms with van der Waals surface area (Å²) in [6, 6.07) is 0.142. The smallest absolute Gasteiger partial charge is 0.237 e. The number of rotatable bonds is 4. The van der Waals surface area contributed by atoms with Gasteiger partial charge in [-0.3, -0.25) is 4.79 Å². The van der Waals surface area contributed by atoms with Crippen LogP contribution in [-0.4, -0.2) is 30.2 Å². The van der Waals surface area contributed by atoms with E-state index in [-0.39, 0.29) is 24.2 Å². The van der Waals surface area contributed by atoms with E-state index in [2.05, 4.69) is 12.2 Å². The predicted octanol–water partition coefficient (Wildman–Crippen LogP) is 1.33. The largest absolute Gasteiger partial charge is 0.373 e. The minimum absolute atomic E-state index is 0.0237. The number of carbonyl (C=O) groups is 1. The van der Waals surface area contributed by atoms with Crippen molar-refractivity contribution >= 4 is 5.91 Å². The zero-order valence-corrected chi connectivity index (χ0v) is 10.7. The highest BCUT2D eigenvalue weighted by Crippen LogP contribution is 2.24. The molecule has 98 valence electrons. The molecule has 0 aromatic rings. The van der Waals surface area contributed by atoms with Gasteiger partial charge in [0.15, 0.2) is 0 Å². The maximum Gasteiger partial charge on any atom is 0.237 e. The standard InChI is InChI=1S/C13H24N2O2/c1-9-7-8-11(17-9)12(13(14)16)15-10-5-3-2-4-6-10/h9-12,15H,2-8H2,1H3,(H2,14,16). The second-order valence-corrected chi connectivity index (χ2v) is 5.44. The van der Waals surface area contributed by atoms with Crippen molar-refractivity contribution in [1.82, 2.24) is 5.32 Å². The van der Waals surface area contributed by atoms with E-state index in [1.807, 2.05) is 0 Å². The molecule has 0 radical (unpaired) electrons. The van der Waals surface area contributed by atoms with Crippen molar-refractivity contribution in [3.63, 3.8) is 0 Å². The van der Waals surface area contributed by atoms with E-state index in [1.54, 1.807) is 0 Å². The third-order valence-electron chi connectivity index (χ3n) is 3.96. The van der Waals surface area contributed by atoms with E-state index in [1.165, 1.54) is 19.3 Å². The first-order valence-electron chi connectivity index (χ1n) is 6.87. The molecule has 0 aromatic heterocycles. The maximum absolute atomic E-state index is 11.5. The number of nitrogens with two attached hydrogens (primary N) is 1. The molecule has 1 heterocycles. The Hall–Kier alpha value is -0.610. The van der Waals surface area contributed by atoms with Crippen molar-refractivity contribution in [2.24, 2.45) is 5.73 Å². The molecule has 17 heavy (non-hydrogen) atoms. The van der Waals surface area contributed by atoms with Crippen molar-refractivity contribution in [1.29, 1.82) is 0 Å². The molecule has 2 aliphatic rings. The van der Waals surface area contributed by atoms with Gasteiger partial charge < -0.3 is 15.8 Å². The summed E-state index contributed by atoms with van der Waals surface area (Å²) in [4.78, 5) is 11.5. The molecule has 4 nitrogen and oxygen atoms in total.